The third kappa shape index (κ3) is 3.53. The second-order valence-electron chi connectivity index (χ2n) is 4.17. The lowest BCUT2D eigenvalue weighted by Gasteiger charge is -2.17. The Labute approximate surface area is 126 Å². The molecule has 1 unspecified atom stereocenters. The van der Waals surface area contributed by atoms with Crippen molar-refractivity contribution in [1.82, 2.24) is 0 Å². The van der Waals surface area contributed by atoms with Gasteiger partial charge in [0.1, 0.15) is 5.82 Å². The van der Waals surface area contributed by atoms with Crippen LogP contribution < -0.4 is 5.32 Å². The van der Waals surface area contributed by atoms with Gasteiger partial charge in [-0.05, 0) is 36.8 Å². The predicted octanol–water partition coefficient (Wildman–Crippen LogP) is 5.96. The number of nitrogens with one attached hydrogen (secondary N) is 1. The third-order valence-electron chi connectivity index (χ3n) is 2.73. The van der Waals surface area contributed by atoms with E-state index in [9.17, 15) is 4.39 Å². The summed E-state index contributed by atoms with van der Waals surface area (Å²) in [5, 5.41) is 4.47. The molecule has 0 saturated heterocycles. The monoisotopic (exact) mass is 317 g/mol. The van der Waals surface area contributed by atoms with E-state index >= 15 is 0 Å². The van der Waals surface area contributed by atoms with Crippen LogP contribution >= 0.6 is 34.8 Å². The lowest BCUT2D eigenvalue weighted by Crippen LogP contribution is -2.07. The van der Waals surface area contributed by atoms with Crippen LogP contribution in [0.15, 0.2) is 36.4 Å². The molecule has 0 fully saturated rings. The van der Waals surface area contributed by atoms with Gasteiger partial charge in [-0.15, -0.1) is 0 Å². The van der Waals surface area contributed by atoms with E-state index in [1.54, 1.807) is 18.2 Å². The van der Waals surface area contributed by atoms with Gasteiger partial charge in [0.05, 0.1) is 20.8 Å². The lowest BCUT2D eigenvalue weighted by atomic mass is 10.1. The predicted molar refractivity (Wildman–Crippen MR) is 79.9 cm³/mol. The van der Waals surface area contributed by atoms with Crippen molar-refractivity contribution in [2.45, 2.75) is 13.0 Å². The molecule has 0 bridgehead atoms. The number of hydrogen-bond donors (Lipinski definition) is 1. The molecule has 1 nitrogen and oxygen atoms in total. The third-order valence-corrected chi connectivity index (χ3v) is 3.77. The summed E-state index contributed by atoms with van der Waals surface area (Å²) in [4.78, 5) is 0. The highest BCUT2D eigenvalue weighted by atomic mass is 35.5. The van der Waals surface area contributed by atoms with Gasteiger partial charge in [0.15, 0.2) is 0 Å². The van der Waals surface area contributed by atoms with Gasteiger partial charge in [-0.3, -0.25) is 0 Å². The van der Waals surface area contributed by atoms with E-state index in [-0.39, 0.29) is 11.9 Å². The standard InChI is InChI=1S/C14H11Cl3FN/c1-8(9-3-2-4-10(18)5-9)19-14-7-12(16)11(15)6-13(14)17/h2-8,19H,1H3. The van der Waals surface area contributed by atoms with Crippen molar-refractivity contribution in [3.63, 3.8) is 0 Å². The SMILES string of the molecule is CC(Nc1cc(Cl)c(Cl)cc1Cl)c1cccc(F)c1. The van der Waals surface area contributed by atoms with Gasteiger partial charge in [0, 0.05) is 6.04 Å². The summed E-state index contributed by atoms with van der Waals surface area (Å²) in [5.41, 5.74) is 1.48. The zero-order chi connectivity index (χ0) is 14.0. The van der Waals surface area contributed by atoms with E-state index in [0.717, 1.165) is 5.56 Å². The summed E-state index contributed by atoms with van der Waals surface area (Å²) in [6.45, 7) is 1.91. The van der Waals surface area contributed by atoms with Crippen LogP contribution in [-0.2, 0) is 0 Å². The summed E-state index contributed by atoms with van der Waals surface area (Å²) in [6.07, 6.45) is 0. The molecule has 0 aliphatic heterocycles. The molecule has 0 amide bonds. The second kappa shape index (κ2) is 6.00. The van der Waals surface area contributed by atoms with E-state index in [2.05, 4.69) is 5.32 Å². The Kier molecular flexibility index (Phi) is 4.56. The van der Waals surface area contributed by atoms with Gasteiger partial charge in [0.2, 0.25) is 0 Å². The van der Waals surface area contributed by atoms with E-state index in [1.807, 2.05) is 13.0 Å². The zero-order valence-corrected chi connectivity index (χ0v) is 12.3. The first kappa shape index (κ1) is 14.4. The number of halogens is 4. The molecule has 0 aliphatic rings. The molecule has 0 spiro atoms. The smallest absolute Gasteiger partial charge is 0.123 e. The minimum atomic E-state index is -0.272. The van der Waals surface area contributed by atoms with E-state index < -0.39 is 0 Å². The summed E-state index contributed by atoms with van der Waals surface area (Å²) < 4.78 is 13.2. The van der Waals surface area contributed by atoms with Crippen molar-refractivity contribution in [2.75, 3.05) is 5.32 Å². The molecule has 0 saturated carbocycles. The summed E-state index contributed by atoms with van der Waals surface area (Å²) in [6, 6.07) is 9.51. The van der Waals surface area contributed by atoms with Crippen LogP contribution in [0.3, 0.4) is 0 Å². The van der Waals surface area contributed by atoms with Crippen LogP contribution in [0.5, 0.6) is 0 Å². The Morgan fingerprint density at radius 1 is 1.00 bits per heavy atom. The Morgan fingerprint density at radius 3 is 2.37 bits per heavy atom. The van der Waals surface area contributed by atoms with Crippen LogP contribution in [0.2, 0.25) is 15.1 Å². The highest BCUT2D eigenvalue weighted by Crippen LogP contribution is 2.34. The fourth-order valence-corrected chi connectivity index (χ4v) is 2.33. The molecule has 2 rings (SSSR count). The van der Waals surface area contributed by atoms with Gasteiger partial charge in [0.25, 0.3) is 0 Å². The van der Waals surface area contributed by atoms with Crippen LogP contribution in [0, 0.1) is 5.82 Å². The number of rotatable bonds is 3. The topological polar surface area (TPSA) is 12.0 Å². The average Bonchev–Trinajstić information content (AvgIpc) is 2.36. The van der Waals surface area contributed by atoms with E-state index in [0.29, 0.717) is 20.8 Å². The zero-order valence-electron chi connectivity index (χ0n) is 10.1. The first-order chi connectivity index (χ1) is 8.97. The fourth-order valence-electron chi connectivity index (χ4n) is 1.73. The number of benzene rings is 2. The van der Waals surface area contributed by atoms with Gasteiger partial charge in [-0.25, -0.2) is 4.39 Å². The minimum absolute atomic E-state index is 0.106. The molecular formula is C14H11Cl3FN. The molecule has 1 N–H and O–H groups in total. The highest BCUT2D eigenvalue weighted by molar-refractivity contribution is 6.44. The minimum Gasteiger partial charge on any atom is -0.377 e. The summed E-state index contributed by atoms with van der Waals surface area (Å²) >= 11 is 17.9. The van der Waals surface area contributed by atoms with Gasteiger partial charge in [-0.1, -0.05) is 46.9 Å². The molecule has 1 atom stereocenters. The van der Waals surface area contributed by atoms with Gasteiger partial charge >= 0.3 is 0 Å². The molecular weight excluding hydrogens is 308 g/mol. The largest absolute Gasteiger partial charge is 0.377 e. The van der Waals surface area contributed by atoms with E-state index in [4.69, 9.17) is 34.8 Å². The Morgan fingerprint density at radius 2 is 1.68 bits per heavy atom. The molecule has 2 aromatic rings. The quantitative estimate of drug-likeness (QED) is 0.689. The molecule has 0 aromatic heterocycles. The van der Waals surface area contributed by atoms with Crippen molar-refractivity contribution >= 4 is 40.5 Å². The maximum absolute atomic E-state index is 13.2. The maximum Gasteiger partial charge on any atom is 0.123 e. The molecule has 2 aromatic carbocycles. The normalized spacial score (nSPS) is 12.3. The molecule has 100 valence electrons. The Balaban J connectivity index is 2.24. The lowest BCUT2D eigenvalue weighted by molar-refractivity contribution is 0.623. The van der Waals surface area contributed by atoms with Crippen molar-refractivity contribution < 1.29 is 4.39 Å². The summed E-state index contributed by atoms with van der Waals surface area (Å²) in [5.74, 6) is -0.272. The molecule has 0 heterocycles. The fraction of sp³-hybridized carbons (Fsp3) is 0.143. The van der Waals surface area contributed by atoms with Gasteiger partial charge < -0.3 is 5.32 Å². The highest BCUT2D eigenvalue weighted by Gasteiger charge is 2.10. The second-order valence-corrected chi connectivity index (χ2v) is 5.39. The molecule has 0 aliphatic carbocycles. The molecule has 0 radical (unpaired) electrons. The first-order valence-corrected chi connectivity index (χ1v) is 6.77. The maximum atomic E-state index is 13.2. The van der Waals surface area contributed by atoms with Crippen molar-refractivity contribution in [1.29, 1.82) is 0 Å². The van der Waals surface area contributed by atoms with Crippen LogP contribution in [0.4, 0.5) is 10.1 Å². The first-order valence-electron chi connectivity index (χ1n) is 5.64. The number of hydrogen-bond acceptors (Lipinski definition) is 1. The molecule has 5 heteroatoms. The molecule has 19 heavy (non-hydrogen) atoms. The van der Waals surface area contributed by atoms with Crippen molar-refractivity contribution in [3.05, 3.63) is 62.8 Å². The Hall–Kier alpha value is -0.960. The van der Waals surface area contributed by atoms with Crippen LogP contribution in [-0.4, -0.2) is 0 Å². The van der Waals surface area contributed by atoms with Crippen LogP contribution in [0.25, 0.3) is 0 Å². The van der Waals surface area contributed by atoms with Gasteiger partial charge in [-0.2, -0.15) is 0 Å². The summed E-state index contributed by atoms with van der Waals surface area (Å²) in [7, 11) is 0. The Bertz CT molecular complexity index is 601. The van der Waals surface area contributed by atoms with Crippen molar-refractivity contribution in [3.8, 4) is 0 Å². The van der Waals surface area contributed by atoms with Crippen LogP contribution in [0.1, 0.15) is 18.5 Å². The number of anilines is 1. The van der Waals surface area contributed by atoms with Crippen molar-refractivity contribution in [2.24, 2.45) is 0 Å². The van der Waals surface area contributed by atoms with E-state index in [1.165, 1.54) is 12.1 Å². The average molecular weight is 319 g/mol.